The number of nitrogen functional groups attached to an aromatic ring is 1. The third kappa shape index (κ3) is 3.91. The first-order chi connectivity index (χ1) is 10.1. The normalized spacial score (nSPS) is 18.5. The van der Waals surface area contributed by atoms with Crippen LogP contribution in [-0.2, 0) is 4.79 Å². The van der Waals surface area contributed by atoms with Crippen LogP contribution in [0.1, 0.15) is 36.0 Å². The van der Waals surface area contributed by atoms with Gasteiger partial charge in [-0.05, 0) is 43.9 Å². The number of nitrogens with two attached hydrogens (primary N) is 1. The first-order valence-electron chi connectivity index (χ1n) is 7.58. The van der Waals surface area contributed by atoms with E-state index in [9.17, 15) is 9.59 Å². The van der Waals surface area contributed by atoms with Gasteiger partial charge in [-0.3, -0.25) is 9.59 Å². The number of halogens is 1. The van der Waals surface area contributed by atoms with E-state index in [2.05, 4.69) is 5.32 Å². The number of likely N-dealkylation sites (tertiary alicyclic amines) is 1. The third-order valence-electron chi connectivity index (χ3n) is 4.21. The van der Waals surface area contributed by atoms with E-state index in [1.807, 2.05) is 4.90 Å². The highest BCUT2D eigenvalue weighted by molar-refractivity contribution is 5.95. The number of benzene rings is 1. The van der Waals surface area contributed by atoms with E-state index in [-0.39, 0.29) is 36.2 Å². The van der Waals surface area contributed by atoms with Gasteiger partial charge in [-0.25, -0.2) is 0 Å². The van der Waals surface area contributed by atoms with E-state index in [1.54, 1.807) is 24.3 Å². The van der Waals surface area contributed by atoms with Gasteiger partial charge in [0.25, 0.3) is 5.91 Å². The van der Waals surface area contributed by atoms with E-state index in [1.165, 1.54) is 0 Å². The van der Waals surface area contributed by atoms with Gasteiger partial charge in [0.2, 0.25) is 5.91 Å². The standard InChI is InChI=1S/C16H21N3O2.ClH/c17-13-3-1-2-12(10-13)16(21)19-8-6-14(7-9-19)18-15(20)11-4-5-11;/h1-3,10-11,14H,4-9,17H2,(H,18,20);1H. The van der Waals surface area contributed by atoms with Gasteiger partial charge < -0.3 is 16.0 Å². The van der Waals surface area contributed by atoms with Crippen LogP contribution in [0.5, 0.6) is 0 Å². The summed E-state index contributed by atoms with van der Waals surface area (Å²) in [5.74, 6) is 0.460. The van der Waals surface area contributed by atoms with E-state index in [0.29, 0.717) is 24.3 Å². The molecule has 120 valence electrons. The first kappa shape index (κ1) is 16.6. The summed E-state index contributed by atoms with van der Waals surface area (Å²) in [7, 11) is 0. The molecule has 1 saturated heterocycles. The summed E-state index contributed by atoms with van der Waals surface area (Å²) < 4.78 is 0. The van der Waals surface area contributed by atoms with Crippen LogP contribution in [0.3, 0.4) is 0 Å². The fraction of sp³-hybridized carbons (Fsp3) is 0.500. The molecule has 2 aliphatic rings. The van der Waals surface area contributed by atoms with Crippen LogP contribution < -0.4 is 11.1 Å². The van der Waals surface area contributed by atoms with Crippen molar-refractivity contribution in [2.24, 2.45) is 5.92 Å². The molecule has 22 heavy (non-hydrogen) atoms. The molecule has 0 spiro atoms. The molecule has 1 aromatic carbocycles. The Kier molecular flexibility index (Phi) is 5.29. The largest absolute Gasteiger partial charge is 0.399 e. The molecule has 2 amide bonds. The zero-order valence-corrected chi connectivity index (χ0v) is 13.3. The van der Waals surface area contributed by atoms with Crippen LogP contribution in [0.2, 0.25) is 0 Å². The lowest BCUT2D eigenvalue weighted by molar-refractivity contribution is -0.123. The minimum Gasteiger partial charge on any atom is -0.399 e. The van der Waals surface area contributed by atoms with E-state index in [4.69, 9.17) is 5.73 Å². The van der Waals surface area contributed by atoms with Crippen LogP contribution in [0.4, 0.5) is 5.69 Å². The molecule has 2 fully saturated rings. The number of hydrogen-bond donors (Lipinski definition) is 2. The summed E-state index contributed by atoms with van der Waals surface area (Å²) >= 11 is 0. The van der Waals surface area contributed by atoms with Gasteiger partial charge in [0.15, 0.2) is 0 Å². The first-order valence-corrected chi connectivity index (χ1v) is 7.58. The highest BCUT2D eigenvalue weighted by Crippen LogP contribution is 2.29. The molecule has 1 aliphatic heterocycles. The molecular weight excluding hydrogens is 302 g/mol. The predicted octanol–water partition coefficient (Wildman–Crippen LogP) is 1.82. The number of nitrogens with zero attached hydrogens (tertiary/aromatic N) is 1. The summed E-state index contributed by atoms with van der Waals surface area (Å²) in [5, 5.41) is 3.09. The number of carbonyl (C=O) groups is 2. The maximum absolute atomic E-state index is 12.4. The molecule has 0 unspecified atom stereocenters. The van der Waals surface area contributed by atoms with Gasteiger partial charge in [-0.2, -0.15) is 0 Å². The molecule has 0 bridgehead atoms. The van der Waals surface area contributed by atoms with Crippen molar-refractivity contribution in [3.05, 3.63) is 29.8 Å². The lowest BCUT2D eigenvalue weighted by Crippen LogP contribution is -2.46. The van der Waals surface area contributed by atoms with Gasteiger partial charge in [0, 0.05) is 36.3 Å². The Bertz CT molecular complexity index is 552. The van der Waals surface area contributed by atoms with Gasteiger partial charge in [-0.15, -0.1) is 12.4 Å². The lowest BCUT2D eigenvalue weighted by Gasteiger charge is -2.32. The number of nitrogens with one attached hydrogen (secondary N) is 1. The number of anilines is 1. The van der Waals surface area contributed by atoms with Gasteiger partial charge in [0.05, 0.1) is 0 Å². The smallest absolute Gasteiger partial charge is 0.253 e. The maximum Gasteiger partial charge on any atom is 0.253 e. The third-order valence-corrected chi connectivity index (χ3v) is 4.21. The molecular formula is C16H22ClN3O2. The van der Waals surface area contributed by atoms with Crippen molar-refractivity contribution in [2.45, 2.75) is 31.7 Å². The Morgan fingerprint density at radius 3 is 2.41 bits per heavy atom. The molecule has 1 heterocycles. The number of amides is 2. The Morgan fingerprint density at radius 1 is 1.14 bits per heavy atom. The fourth-order valence-electron chi connectivity index (χ4n) is 2.75. The minimum absolute atomic E-state index is 0. The highest BCUT2D eigenvalue weighted by atomic mass is 35.5. The highest BCUT2D eigenvalue weighted by Gasteiger charge is 2.32. The van der Waals surface area contributed by atoms with Crippen molar-refractivity contribution < 1.29 is 9.59 Å². The van der Waals surface area contributed by atoms with E-state index < -0.39 is 0 Å². The molecule has 3 rings (SSSR count). The van der Waals surface area contributed by atoms with Crippen LogP contribution in [0, 0.1) is 5.92 Å². The van der Waals surface area contributed by atoms with Crippen molar-refractivity contribution in [1.82, 2.24) is 10.2 Å². The quantitative estimate of drug-likeness (QED) is 0.833. The number of rotatable bonds is 3. The average Bonchev–Trinajstić information content (AvgIpc) is 3.32. The number of piperidine rings is 1. The molecule has 0 atom stereocenters. The zero-order chi connectivity index (χ0) is 14.8. The second-order valence-corrected chi connectivity index (χ2v) is 5.97. The summed E-state index contributed by atoms with van der Waals surface area (Å²) in [6.07, 6.45) is 3.70. The zero-order valence-electron chi connectivity index (χ0n) is 12.5. The SMILES string of the molecule is Cl.Nc1cccc(C(=O)N2CCC(NC(=O)C3CC3)CC2)c1. The molecule has 1 saturated carbocycles. The predicted molar refractivity (Wildman–Crippen MR) is 87.9 cm³/mol. The average molecular weight is 324 g/mol. The molecule has 5 nitrogen and oxygen atoms in total. The Hall–Kier alpha value is -1.75. The number of carbonyl (C=O) groups excluding carboxylic acids is 2. The van der Waals surface area contributed by atoms with Crippen molar-refractivity contribution in [1.29, 1.82) is 0 Å². The van der Waals surface area contributed by atoms with E-state index in [0.717, 1.165) is 25.7 Å². The fourth-order valence-corrected chi connectivity index (χ4v) is 2.75. The van der Waals surface area contributed by atoms with Crippen molar-refractivity contribution in [3.8, 4) is 0 Å². The van der Waals surface area contributed by atoms with Crippen molar-refractivity contribution in [3.63, 3.8) is 0 Å². The summed E-state index contributed by atoms with van der Waals surface area (Å²) in [6, 6.07) is 7.29. The summed E-state index contributed by atoms with van der Waals surface area (Å²) in [5.41, 5.74) is 6.96. The van der Waals surface area contributed by atoms with Crippen LogP contribution in [0.25, 0.3) is 0 Å². The Balaban J connectivity index is 0.00000176. The lowest BCUT2D eigenvalue weighted by atomic mass is 10.0. The van der Waals surface area contributed by atoms with E-state index >= 15 is 0 Å². The van der Waals surface area contributed by atoms with Gasteiger partial charge >= 0.3 is 0 Å². The van der Waals surface area contributed by atoms with Gasteiger partial charge in [-0.1, -0.05) is 6.07 Å². The second-order valence-electron chi connectivity index (χ2n) is 5.97. The molecule has 0 aromatic heterocycles. The van der Waals surface area contributed by atoms with Gasteiger partial charge in [0.1, 0.15) is 0 Å². The molecule has 0 radical (unpaired) electrons. The number of hydrogen-bond acceptors (Lipinski definition) is 3. The summed E-state index contributed by atoms with van der Waals surface area (Å²) in [6.45, 7) is 1.37. The maximum atomic E-state index is 12.4. The summed E-state index contributed by atoms with van der Waals surface area (Å²) in [4.78, 5) is 26.0. The molecule has 6 heteroatoms. The minimum atomic E-state index is 0. The molecule has 3 N–H and O–H groups in total. The van der Waals surface area contributed by atoms with Crippen LogP contribution >= 0.6 is 12.4 Å². The second kappa shape index (κ2) is 7.01. The Labute approximate surface area is 136 Å². The Morgan fingerprint density at radius 2 is 1.82 bits per heavy atom. The topological polar surface area (TPSA) is 75.4 Å². The van der Waals surface area contributed by atoms with Crippen LogP contribution in [0.15, 0.2) is 24.3 Å². The van der Waals surface area contributed by atoms with Crippen LogP contribution in [-0.4, -0.2) is 35.8 Å². The molecule has 1 aromatic rings. The van der Waals surface area contributed by atoms with Crippen molar-refractivity contribution in [2.75, 3.05) is 18.8 Å². The molecule has 1 aliphatic carbocycles. The van der Waals surface area contributed by atoms with Crippen molar-refractivity contribution >= 4 is 29.9 Å². The monoisotopic (exact) mass is 323 g/mol.